The lowest BCUT2D eigenvalue weighted by Gasteiger charge is -2.06. The molecular formula is C15H17NO4S. The maximum atomic E-state index is 11.5. The van der Waals surface area contributed by atoms with E-state index in [1.165, 1.54) is 18.9 Å². The number of carbonyl (C=O) groups excluding carboxylic acids is 1. The fraction of sp³-hybridized carbons (Fsp3) is 0.267. The molecule has 2 N–H and O–H groups in total. The zero-order valence-electron chi connectivity index (χ0n) is 12.1. The number of methoxy groups -OCH3 is 2. The topological polar surface area (TPSA) is 74.7 Å². The smallest absolute Gasteiger partial charge is 0.374 e. The molecule has 2 rings (SSSR count). The number of anilines is 1. The van der Waals surface area contributed by atoms with Crippen LogP contribution in [-0.4, -0.2) is 20.2 Å². The van der Waals surface area contributed by atoms with Gasteiger partial charge < -0.3 is 19.6 Å². The second kappa shape index (κ2) is 6.58. The number of benzene rings is 1. The first-order chi connectivity index (χ1) is 10.0. The highest BCUT2D eigenvalue weighted by Crippen LogP contribution is 2.32. The van der Waals surface area contributed by atoms with Gasteiger partial charge in [-0.2, -0.15) is 0 Å². The highest BCUT2D eigenvalue weighted by Gasteiger charge is 2.16. The molecule has 0 aliphatic carbocycles. The van der Waals surface area contributed by atoms with E-state index in [0.717, 1.165) is 16.2 Å². The van der Waals surface area contributed by atoms with Crippen LogP contribution in [0.2, 0.25) is 0 Å². The normalized spacial score (nSPS) is 10.4. The molecule has 0 aliphatic heterocycles. The van der Waals surface area contributed by atoms with E-state index in [2.05, 4.69) is 4.74 Å². The van der Waals surface area contributed by atoms with E-state index in [-0.39, 0.29) is 5.76 Å². The third-order valence-electron chi connectivity index (χ3n) is 2.93. The van der Waals surface area contributed by atoms with Crippen molar-refractivity contribution in [3.05, 3.63) is 41.3 Å². The van der Waals surface area contributed by atoms with Crippen molar-refractivity contribution < 1.29 is 18.7 Å². The lowest BCUT2D eigenvalue weighted by atomic mass is 10.3. The third kappa shape index (κ3) is 3.52. The average molecular weight is 307 g/mol. The number of nitrogens with two attached hydrogens (primary N) is 1. The number of hydrogen-bond acceptors (Lipinski definition) is 6. The highest BCUT2D eigenvalue weighted by atomic mass is 32.2. The summed E-state index contributed by atoms with van der Waals surface area (Å²) in [5.41, 5.74) is 7.37. The van der Waals surface area contributed by atoms with Crippen molar-refractivity contribution >= 4 is 23.4 Å². The number of thioether (sulfide) groups is 1. The predicted molar refractivity (Wildman–Crippen MR) is 81.8 cm³/mol. The summed E-state index contributed by atoms with van der Waals surface area (Å²) in [6.07, 6.45) is 0. The monoisotopic (exact) mass is 307 g/mol. The van der Waals surface area contributed by atoms with Gasteiger partial charge in [0, 0.05) is 16.1 Å². The molecule has 112 valence electrons. The van der Waals surface area contributed by atoms with Crippen LogP contribution in [0.5, 0.6) is 5.75 Å². The molecule has 2 aromatic rings. The van der Waals surface area contributed by atoms with Crippen molar-refractivity contribution in [2.45, 2.75) is 17.6 Å². The predicted octanol–water partition coefficient (Wildman–Crippen LogP) is 3.26. The average Bonchev–Trinajstić information content (AvgIpc) is 2.86. The minimum atomic E-state index is -0.468. The van der Waals surface area contributed by atoms with Gasteiger partial charge in [-0.3, -0.25) is 0 Å². The number of carbonyl (C=O) groups is 1. The Kier molecular flexibility index (Phi) is 4.80. The van der Waals surface area contributed by atoms with Gasteiger partial charge in [0.1, 0.15) is 11.5 Å². The summed E-state index contributed by atoms with van der Waals surface area (Å²) in [4.78, 5) is 12.4. The van der Waals surface area contributed by atoms with E-state index in [9.17, 15) is 4.79 Å². The molecule has 1 aromatic heterocycles. The Hall–Kier alpha value is -2.08. The van der Waals surface area contributed by atoms with Crippen LogP contribution in [0.3, 0.4) is 0 Å². The molecule has 0 unspecified atom stereocenters. The number of furan rings is 1. The molecule has 0 spiro atoms. The zero-order chi connectivity index (χ0) is 15.4. The van der Waals surface area contributed by atoms with Gasteiger partial charge in [-0.05, 0) is 31.2 Å². The Morgan fingerprint density at radius 3 is 2.76 bits per heavy atom. The SMILES string of the molecule is COC(=O)c1oc(CSc2cc(OC)ccc2N)cc1C. The molecule has 1 heterocycles. The van der Waals surface area contributed by atoms with Crippen molar-refractivity contribution in [1.29, 1.82) is 0 Å². The number of rotatable bonds is 5. The van der Waals surface area contributed by atoms with Crippen molar-refractivity contribution in [3.63, 3.8) is 0 Å². The third-order valence-corrected chi connectivity index (χ3v) is 4.02. The molecule has 0 amide bonds. The van der Waals surface area contributed by atoms with Crippen LogP contribution in [-0.2, 0) is 10.5 Å². The summed E-state index contributed by atoms with van der Waals surface area (Å²) in [6, 6.07) is 7.31. The first kappa shape index (κ1) is 15.3. The van der Waals surface area contributed by atoms with Crippen molar-refractivity contribution in [3.8, 4) is 5.75 Å². The molecule has 0 bridgehead atoms. The summed E-state index contributed by atoms with van der Waals surface area (Å²) in [5.74, 6) is 1.78. The molecule has 6 heteroatoms. The summed E-state index contributed by atoms with van der Waals surface area (Å²) in [5, 5.41) is 0. The van der Waals surface area contributed by atoms with Gasteiger partial charge in [0.25, 0.3) is 0 Å². The fourth-order valence-corrected chi connectivity index (χ4v) is 2.70. The zero-order valence-corrected chi connectivity index (χ0v) is 13.0. The minimum Gasteiger partial charge on any atom is -0.497 e. The Bertz CT molecular complexity index is 651. The minimum absolute atomic E-state index is 0.242. The second-order valence-electron chi connectivity index (χ2n) is 4.41. The summed E-state index contributed by atoms with van der Waals surface area (Å²) in [7, 11) is 2.94. The lowest BCUT2D eigenvalue weighted by Crippen LogP contribution is -2.00. The van der Waals surface area contributed by atoms with E-state index in [0.29, 0.717) is 17.2 Å². The van der Waals surface area contributed by atoms with Crippen LogP contribution in [0.25, 0.3) is 0 Å². The van der Waals surface area contributed by atoms with Gasteiger partial charge in [0.2, 0.25) is 5.76 Å². The van der Waals surface area contributed by atoms with E-state index in [4.69, 9.17) is 14.9 Å². The molecule has 0 fully saturated rings. The van der Waals surface area contributed by atoms with Crippen LogP contribution >= 0.6 is 11.8 Å². The number of esters is 1. The van der Waals surface area contributed by atoms with E-state index >= 15 is 0 Å². The van der Waals surface area contributed by atoms with Gasteiger partial charge >= 0.3 is 5.97 Å². The van der Waals surface area contributed by atoms with Crippen LogP contribution in [0.1, 0.15) is 21.9 Å². The van der Waals surface area contributed by atoms with Gasteiger partial charge in [-0.15, -0.1) is 11.8 Å². The maximum absolute atomic E-state index is 11.5. The van der Waals surface area contributed by atoms with Gasteiger partial charge in [-0.25, -0.2) is 4.79 Å². The quantitative estimate of drug-likeness (QED) is 0.519. The Morgan fingerprint density at radius 2 is 2.10 bits per heavy atom. The van der Waals surface area contributed by atoms with Gasteiger partial charge in [0.05, 0.1) is 20.0 Å². The Morgan fingerprint density at radius 1 is 1.33 bits per heavy atom. The maximum Gasteiger partial charge on any atom is 0.374 e. The van der Waals surface area contributed by atoms with Gasteiger partial charge in [-0.1, -0.05) is 0 Å². The van der Waals surface area contributed by atoms with Crippen molar-refractivity contribution in [2.75, 3.05) is 20.0 Å². The molecule has 5 nitrogen and oxygen atoms in total. The summed E-state index contributed by atoms with van der Waals surface area (Å²) >= 11 is 1.52. The van der Waals surface area contributed by atoms with Crippen LogP contribution in [0.15, 0.2) is 33.6 Å². The fourth-order valence-electron chi connectivity index (χ4n) is 1.83. The molecule has 0 saturated carbocycles. The summed E-state index contributed by atoms with van der Waals surface area (Å²) < 4.78 is 15.4. The molecule has 0 atom stereocenters. The van der Waals surface area contributed by atoms with Crippen molar-refractivity contribution in [1.82, 2.24) is 0 Å². The first-order valence-corrected chi connectivity index (χ1v) is 7.27. The summed E-state index contributed by atoms with van der Waals surface area (Å²) in [6.45, 7) is 1.81. The number of ether oxygens (including phenoxy) is 2. The molecule has 0 radical (unpaired) electrons. The van der Waals surface area contributed by atoms with Crippen LogP contribution in [0.4, 0.5) is 5.69 Å². The van der Waals surface area contributed by atoms with Gasteiger partial charge in [0.15, 0.2) is 0 Å². The standard InChI is InChI=1S/C15H17NO4S/c1-9-6-11(20-14(9)15(17)19-3)8-21-13-7-10(18-2)4-5-12(13)16/h4-7H,8,16H2,1-3H3. The molecule has 1 aromatic carbocycles. The van der Waals surface area contributed by atoms with E-state index in [1.54, 1.807) is 13.2 Å². The van der Waals surface area contributed by atoms with E-state index in [1.807, 2.05) is 25.1 Å². The molecule has 0 saturated heterocycles. The number of nitrogen functional groups attached to an aromatic ring is 1. The van der Waals surface area contributed by atoms with Crippen LogP contribution < -0.4 is 10.5 Å². The number of hydrogen-bond donors (Lipinski definition) is 1. The lowest BCUT2D eigenvalue weighted by molar-refractivity contribution is 0.0562. The molecule has 0 aliphatic rings. The first-order valence-electron chi connectivity index (χ1n) is 6.29. The molecule has 21 heavy (non-hydrogen) atoms. The molecular weight excluding hydrogens is 290 g/mol. The highest BCUT2D eigenvalue weighted by molar-refractivity contribution is 7.98. The largest absolute Gasteiger partial charge is 0.497 e. The Balaban J connectivity index is 2.11. The number of aryl methyl sites for hydroxylation is 1. The van der Waals surface area contributed by atoms with Crippen LogP contribution in [0, 0.1) is 6.92 Å². The van der Waals surface area contributed by atoms with E-state index < -0.39 is 5.97 Å². The Labute approximate surface area is 127 Å². The second-order valence-corrected chi connectivity index (χ2v) is 5.43. The van der Waals surface area contributed by atoms with Crippen molar-refractivity contribution in [2.24, 2.45) is 0 Å².